The molecule has 1 atom stereocenters. The van der Waals surface area contributed by atoms with Crippen molar-refractivity contribution < 1.29 is 22.8 Å². The van der Waals surface area contributed by atoms with Gasteiger partial charge in [-0.1, -0.05) is 65.3 Å². The van der Waals surface area contributed by atoms with Gasteiger partial charge in [-0.3, -0.25) is 14.5 Å². The highest BCUT2D eigenvalue weighted by Gasteiger charge is 2.39. The number of amidine groups is 1. The van der Waals surface area contributed by atoms with Crippen LogP contribution in [0.15, 0.2) is 77.8 Å². The van der Waals surface area contributed by atoms with Gasteiger partial charge in [-0.15, -0.1) is 0 Å². The lowest BCUT2D eigenvalue weighted by Crippen LogP contribution is -2.33. The molecule has 1 fully saturated rings. The molecule has 4 rings (SSSR count). The fraction of sp³-hybridized carbons (Fsp3) is 0.160. The Bertz CT molecular complexity index is 1300. The van der Waals surface area contributed by atoms with E-state index in [9.17, 15) is 22.8 Å². The van der Waals surface area contributed by atoms with Gasteiger partial charge in [0, 0.05) is 11.4 Å². The average molecular weight is 552 g/mol. The van der Waals surface area contributed by atoms with E-state index in [1.807, 2.05) is 18.2 Å². The minimum Gasteiger partial charge on any atom is -0.325 e. The zero-order valence-electron chi connectivity index (χ0n) is 18.4. The highest BCUT2D eigenvalue weighted by Crippen LogP contribution is 2.35. The van der Waals surface area contributed by atoms with E-state index in [2.05, 4.69) is 10.3 Å². The summed E-state index contributed by atoms with van der Waals surface area (Å²) in [5, 5.41) is 2.51. The normalized spacial score (nSPS) is 17.0. The standard InChI is InChI=1S/C25H18Cl2F3N3O2S/c26-17-9-6-15(7-10-17)14-33-23(35)21(36-24(33)31-18-4-2-1-3-5-18)13-22(34)32-20-12-16(25(28,29)30)8-11-19(20)27/h1-12,21H,13-14H2,(H,32,34)/t21-/m0/s1. The number of hydrogen-bond donors (Lipinski definition) is 1. The third-order valence-electron chi connectivity index (χ3n) is 5.19. The molecule has 0 aromatic heterocycles. The number of carbonyl (C=O) groups excluding carboxylic acids is 2. The Balaban J connectivity index is 1.54. The van der Waals surface area contributed by atoms with Crippen molar-refractivity contribution >= 4 is 63.3 Å². The molecule has 1 heterocycles. The molecule has 0 radical (unpaired) electrons. The minimum atomic E-state index is -4.59. The number of carbonyl (C=O) groups is 2. The van der Waals surface area contributed by atoms with Crippen LogP contribution >= 0.6 is 35.0 Å². The van der Waals surface area contributed by atoms with Gasteiger partial charge >= 0.3 is 6.18 Å². The number of benzene rings is 3. The SMILES string of the molecule is O=C(C[C@@H]1SC(=Nc2ccccc2)N(Cc2ccc(Cl)cc2)C1=O)Nc1cc(C(F)(F)F)ccc1Cl. The summed E-state index contributed by atoms with van der Waals surface area (Å²) in [6.45, 7) is 0.215. The Hall–Kier alpha value is -3.01. The molecule has 186 valence electrons. The lowest BCUT2D eigenvalue weighted by molar-refractivity contribution is -0.137. The van der Waals surface area contributed by atoms with Gasteiger partial charge in [0.15, 0.2) is 5.17 Å². The van der Waals surface area contributed by atoms with Crippen LogP contribution in [-0.4, -0.2) is 27.1 Å². The Morgan fingerprint density at radius 2 is 1.72 bits per heavy atom. The molecule has 0 spiro atoms. The van der Waals surface area contributed by atoms with E-state index in [4.69, 9.17) is 23.2 Å². The molecule has 0 bridgehead atoms. The van der Waals surface area contributed by atoms with Crippen LogP contribution < -0.4 is 5.32 Å². The van der Waals surface area contributed by atoms with Crippen molar-refractivity contribution in [3.63, 3.8) is 0 Å². The number of thioether (sulfide) groups is 1. The van der Waals surface area contributed by atoms with E-state index in [0.29, 0.717) is 15.9 Å². The second-order valence-corrected chi connectivity index (χ2v) is 9.85. The molecule has 3 aromatic rings. The van der Waals surface area contributed by atoms with Crippen molar-refractivity contribution in [3.05, 3.63) is 94.0 Å². The molecule has 5 nitrogen and oxygen atoms in total. The largest absolute Gasteiger partial charge is 0.416 e. The molecular formula is C25H18Cl2F3N3O2S. The van der Waals surface area contributed by atoms with E-state index in [-0.39, 0.29) is 29.6 Å². The molecule has 11 heteroatoms. The first-order valence-electron chi connectivity index (χ1n) is 10.6. The van der Waals surface area contributed by atoms with Crippen LogP contribution in [0.25, 0.3) is 0 Å². The fourth-order valence-electron chi connectivity index (χ4n) is 3.42. The van der Waals surface area contributed by atoms with E-state index in [1.165, 1.54) is 4.90 Å². The Kier molecular flexibility index (Phi) is 7.92. The summed E-state index contributed by atoms with van der Waals surface area (Å²) in [5.41, 5.74) is 0.327. The summed E-state index contributed by atoms with van der Waals surface area (Å²) < 4.78 is 39.2. The van der Waals surface area contributed by atoms with Crippen molar-refractivity contribution in [1.82, 2.24) is 4.90 Å². The van der Waals surface area contributed by atoms with Crippen LogP contribution in [0.5, 0.6) is 0 Å². The second kappa shape index (κ2) is 10.9. The maximum Gasteiger partial charge on any atom is 0.416 e. The van der Waals surface area contributed by atoms with E-state index >= 15 is 0 Å². The predicted octanol–water partition coefficient (Wildman–Crippen LogP) is 7.17. The summed E-state index contributed by atoms with van der Waals surface area (Å²) in [4.78, 5) is 32.0. The van der Waals surface area contributed by atoms with Gasteiger partial charge in [-0.25, -0.2) is 4.99 Å². The highest BCUT2D eigenvalue weighted by molar-refractivity contribution is 8.15. The number of nitrogens with zero attached hydrogens (tertiary/aromatic N) is 2. The lowest BCUT2D eigenvalue weighted by Gasteiger charge is -2.17. The number of nitrogens with one attached hydrogen (secondary N) is 1. The molecule has 3 aromatic carbocycles. The first kappa shape index (κ1) is 26.1. The first-order valence-corrected chi connectivity index (χ1v) is 12.3. The molecule has 1 saturated heterocycles. The molecular weight excluding hydrogens is 534 g/mol. The number of aliphatic imine (C=N–C) groups is 1. The van der Waals surface area contributed by atoms with E-state index in [0.717, 1.165) is 35.5 Å². The Labute approximate surface area is 219 Å². The zero-order valence-corrected chi connectivity index (χ0v) is 20.8. The molecule has 1 aliphatic rings. The van der Waals surface area contributed by atoms with Crippen LogP contribution in [0.2, 0.25) is 10.0 Å². The van der Waals surface area contributed by atoms with Crippen molar-refractivity contribution in [2.24, 2.45) is 4.99 Å². The second-order valence-electron chi connectivity index (χ2n) is 7.83. The van der Waals surface area contributed by atoms with Gasteiger partial charge in [-0.2, -0.15) is 13.2 Å². The summed E-state index contributed by atoms with van der Waals surface area (Å²) in [6.07, 6.45) is -4.87. The van der Waals surface area contributed by atoms with Crippen molar-refractivity contribution in [2.75, 3.05) is 5.32 Å². The minimum absolute atomic E-state index is 0.0440. The quantitative estimate of drug-likeness (QED) is 0.353. The third kappa shape index (κ3) is 6.40. The van der Waals surface area contributed by atoms with Crippen molar-refractivity contribution in [3.8, 4) is 0 Å². The highest BCUT2D eigenvalue weighted by atomic mass is 35.5. The van der Waals surface area contributed by atoms with Gasteiger partial charge in [0.25, 0.3) is 0 Å². The molecule has 2 amide bonds. The summed E-state index contributed by atoms with van der Waals surface area (Å²) in [6, 6.07) is 18.7. The molecule has 1 aliphatic heterocycles. The topological polar surface area (TPSA) is 61.8 Å². The van der Waals surface area contributed by atoms with Gasteiger partial charge in [0.05, 0.1) is 28.5 Å². The number of alkyl halides is 3. The third-order valence-corrected chi connectivity index (χ3v) is 6.95. The van der Waals surface area contributed by atoms with Gasteiger partial charge in [0.1, 0.15) is 5.25 Å². The van der Waals surface area contributed by atoms with E-state index in [1.54, 1.807) is 36.4 Å². The fourth-order valence-corrected chi connectivity index (χ4v) is 4.87. The summed E-state index contributed by atoms with van der Waals surface area (Å²) in [5.74, 6) is -0.982. The monoisotopic (exact) mass is 551 g/mol. The number of rotatable bonds is 6. The van der Waals surface area contributed by atoms with Crippen LogP contribution in [0.4, 0.5) is 24.5 Å². The van der Waals surface area contributed by atoms with Crippen LogP contribution in [0.1, 0.15) is 17.5 Å². The van der Waals surface area contributed by atoms with Crippen LogP contribution in [0, 0.1) is 0 Å². The molecule has 36 heavy (non-hydrogen) atoms. The van der Waals surface area contributed by atoms with Crippen molar-refractivity contribution in [2.45, 2.75) is 24.4 Å². The van der Waals surface area contributed by atoms with Gasteiger partial charge in [0.2, 0.25) is 11.8 Å². The Morgan fingerprint density at radius 1 is 1.03 bits per heavy atom. The molecule has 1 N–H and O–H groups in total. The molecule has 0 aliphatic carbocycles. The lowest BCUT2D eigenvalue weighted by atomic mass is 10.1. The maximum atomic E-state index is 13.3. The summed E-state index contributed by atoms with van der Waals surface area (Å²) in [7, 11) is 0. The first-order chi connectivity index (χ1) is 17.1. The molecule has 0 saturated carbocycles. The number of amides is 2. The smallest absolute Gasteiger partial charge is 0.325 e. The van der Waals surface area contributed by atoms with Gasteiger partial charge in [-0.05, 0) is 48.0 Å². The van der Waals surface area contributed by atoms with E-state index < -0.39 is 22.9 Å². The van der Waals surface area contributed by atoms with Crippen LogP contribution in [-0.2, 0) is 22.3 Å². The Morgan fingerprint density at radius 3 is 2.39 bits per heavy atom. The number of halogens is 5. The maximum absolute atomic E-state index is 13.3. The van der Waals surface area contributed by atoms with Crippen LogP contribution in [0.3, 0.4) is 0 Å². The summed E-state index contributed by atoms with van der Waals surface area (Å²) >= 11 is 13.1. The zero-order chi connectivity index (χ0) is 25.9. The number of hydrogen-bond acceptors (Lipinski definition) is 4. The number of para-hydroxylation sites is 1. The van der Waals surface area contributed by atoms with Gasteiger partial charge < -0.3 is 5.32 Å². The predicted molar refractivity (Wildman–Crippen MR) is 137 cm³/mol. The molecule has 0 unspecified atom stereocenters. The average Bonchev–Trinajstić information content (AvgIpc) is 3.10. The number of anilines is 1. The van der Waals surface area contributed by atoms with Crippen molar-refractivity contribution in [1.29, 1.82) is 0 Å².